The van der Waals surface area contributed by atoms with Crippen molar-refractivity contribution in [3.8, 4) is 0 Å². The average molecular weight is 419 g/mol. The van der Waals surface area contributed by atoms with Crippen molar-refractivity contribution < 1.29 is 9.53 Å². The zero-order valence-electron chi connectivity index (χ0n) is 15.7. The molecule has 145 valence electrons. The van der Waals surface area contributed by atoms with Crippen LogP contribution in [0.4, 0.5) is 0 Å². The van der Waals surface area contributed by atoms with Gasteiger partial charge in [0, 0.05) is 5.92 Å². The minimum absolute atomic E-state index is 0.0598. The Kier molecular flexibility index (Phi) is 6.27. The summed E-state index contributed by atoms with van der Waals surface area (Å²) >= 11 is 6.61. The molecule has 0 spiro atoms. The molecule has 1 aliphatic heterocycles. The highest BCUT2D eigenvalue weighted by molar-refractivity contribution is 8.23. The summed E-state index contributed by atoms with van der Waals surface area (Å²) in [5.41, 5.74) is 2.76. The first-order valence-corrected chi connectivity index (χ1v) is 10.8. The van der Waals surface area contributed by atoms with Crippen LogP contribution in [0.2, 0.25) is 0 Å². The van der Waals surface area contributed by atoms with Gasteiger partial charge in [0.15, 0.2) is 9.76 Å². The summed E-state index contributed by atoms with van der Waals surface area (Å²) in [5, 5.41) is 4.51. The molecule has 0 saturated carbocycles. The Balaban J connectivity index is 1.51. The summed E-state index contributed by atoms with van der Waals surface area (Å²) < 4.78 is 6.39. The highest BCUT2D eigenvalue weighted by atomic mass is 32.2. The Bertz CT molecular complexity index is 924. The summed E-state index contributed by atoms with van der Waals surface area (Å²) in [7, 11) is 0. The van der Waals surface area contributed by atoms with Gasteiger partial charge in [-0.05, 0) is 28.5 Å². The first kappa shape index (κ1) is 19.7. The average Bonchev–Trinajstić information content (AvgIpc) is 3.14. The smallest absolute Gasteiger partial charge is 0.307 e. The van der Waals surface area contributed by atoms with Crippen molar-refractivity contribution in [2.45, 2.75) is 23.8 Å². The molecule has 29 heavy (non-hydrogen) atoms. The van der Waals surface area contributed by atoms with Gasteiger partial charge < -0.3 is 4.74 Å². The molecule has 3 nitrogen and oxygen atoms in total. The van der Waals surface area contributed by atoms with Crippen LogP contribution in [0.25, 0.3) is 0 Å². The van der Waals surface area contributed by atoms with Gasteiger partial charge >= 0.3 is 5.97 Å². The van der Waals surface area contributed by atoms with E-state index in [1.54, 1.807) is 0 Å². The van der Waals surface area contributed by atoms with Crippen LogP contribution in [-0.4, -0.2) is 15.7 Å². The fourth-order valence-corrected chi connectivity index (χ4v) is 4.76. The van der Waals surface area contributed by atoms with E-state index in [4.69, 9.17) is 17.0 Å². The molecule has 0 aliphatic carbocycles. The number of esters is 1. The van der Waals surface area contributed by atoms with Crippen molar-refractivity contribution in [2.75, 3.05) is 0 Å². The zero-order chi connectivity index (χ0) is 20.1. The molecule has 3 aromatic carbocycles. The van der Waals surface area contributed by atoms with E-state index in [0.29, 0.717) is 4.32 Å². The monoisotopic (exact) mass is 418 g/mol. The molecule has 1 fully saturated rings. The molecule has 0 amide bonds. The van der Waals surface area contributed by atoms with E-state index in [1.165, 1.54) is 11.8 Å². The van der Waals surface area contributed by atoms with Crippen LogP contribution in [0.15, 0.2) is 91.0 Å². The maximum Gasteiger partial charge on any atom is 0.307 e. The number of rotatable bonds is 6. The molecule has 1 saturated heterocycles. The Hall–Kier alpha value is -2.63. The van der Waals surface area contributed by atoms with Gasteiger partial charge in [-0.25, -0.2) is 0 Å². The number of thiocarbonyl (C=S) groups is 1. The molecule has 5 heteroatoms. The lowest BCUT2D eigenvalue weighted by molar-refractivity contribution is -0.146. The molecular weight excluding hydrogens is 398 g/mol. The van der Waals surface area contributed by atoms with E-state index < -0.39 is 5.44 Å². The van der Waals surface area contributed by atoms with Crippen molar-refractivity contribution in [3.63, 3.8) is 0 Å². The van der Waals surface area contributed by atoms with Crippen molar-refractivity contribution in [2.24, 2.45) is 0 Å². The Morgan fingerprint density at radius 3 is 1.97 bits per heavy atom. The first-order valence-electron chi connectivity index (χ1n) is 9.46. The third-order valence-electron chi connectivity index (χ3n) is 4.88. The van der Waals surface area contributed by atoms with Crippen LogP contribution in [0.1, 0.15) is 35.1 Å². The summed E-state index contributed by atoms with van der Waals surface area (Å²) in [6, 6.07) is 29.7. The highest BCUT2D eigenvalue weighted by Crippen LogP contribution is 2.37. The van der Waals surface area contributed by atoms with E-state index in [2.05, 4.69) is 5.32 Å². The number of carbonyl (C=O) groups is 1. The minimum Gasteiger partial charge on any atom is -0.448 e. The van der Waals surface area contributed by atoms with Crippen molar-refractivity contribution >= 4 is 34.3 Å². The second-order valence-corrected chi connectivity index (χ2v) is 8.54. The zero-order valence-corrected chi connectivity index (χ0v) is 17.3. The topological polar surface area (TPSA) is 40.4 Å². The second-order valence-electron chi connectivity index (χ2n) is 6.80. The maximum atomic E-state index is 12.9. The molecule has 1 aliphatic rings. The Labute approximate surface area is 180 Å². The van der Waals surface area contributed by atoms with Crippen LogP contribution >= 0.6 is 24.0 Å². The van der Waals surface area contributed by atoms with E-state index in [0.717, 1.165) is 16.7 Å². The SMILES string of the molecule is O=C(CC(c1ccccc1)c1ccccc1)OC1SC(=S)[N]C1c1ccccc1. The van der Waals surface area contributed by atoms with Crippen LogP contribution < -0.4 is 5.32 Å². The van der Waals surface area contributed by atoms with Crippen LogP contribution in [0.5, 0.6) is 0 Å². The lowest BCUT2D eigenvalue weighted by Gasteiger charge is -2.21. The summed E-state index contributed by atoms with van der Waals surface area (Å²) in [5.74, 6) is -0.309. The minimum atomic E-state index is -0.426. The molecule has 2 unspecified atom stereocenters. The van der Waals surface area contributed by atoms with Crippen molar-refractivity contribution in [3.05, 3.63) is 108 Å². The van der Waals surface area contributed by atoms with Gasteiger partial charge in [-0.2, -0.15) is 0 Å². The molecular formula is C24H20NO2S2. The lowest BCUT2D eigenvalue weighted by Crippen LogP contribution is -2.23. The standard InChI is InChI=1S/C24H20NO2S2/c26-21(27-23-22(25-24(28)29-23)19-14-8-3-9-15-19)16-20(17-10-4-1-5-11-17)18-12-6-2-7-13-18/h1-15,20,22-23H,16H2. The van der Waals surface area contributed by atoms with E-state index in [1.807, 2.05) is 91.0 Å². The number of ether oxygens (including phenoxy) is 1. The van der Waals surface area contributed by atoms with Crippen LogP contribution in [0.3, 0.4) is 0 Å². The quantitative estimate of drug-likeness (QED) is 0.394. The van der Waals surface area contributed by atoms with Crippen LogP contribution in [-0.2, 0) is 9.53 Å². The van der Waals surface area contributed by atoms with Gasteiger partial charge in [0.2, 0.25) is 0 Å². The lowest BCUT2D eigenvalue weighted by atomic mass is 9.88. The Morgan fingerprint density at radius 2 is 1.41 bits per heavy atom. The van der Waals surface area contributed by atoms with Crippen molar-refractivity contribution in [1.29, 1.82) is 0 Å². The van der Waals surface area contributed by atoms with Crippen LogP contribution in [0, 0.1) is 0 Å². The third-order valence-corrected chi connectivity index (χ3v) is 6.17. The number of benzene rings is 3. The molecule has 0 bridgehead atoms. The number of carbonyl (C=O) groups excluding carboxylic acids is 1. The van der Waals surface area contributed by atoms with E-state index >= 15 is 0 Å². The molecule has 2 atom stereocenters. The number of hydrogen-bond donors (Lipinski definition) is 0. The molecule has 0 N–H and O–H groups in total. The van der Waals surface area contributed by atoms with E-state index in [9.17, 15) is 4.79 Å². The predicted molar refractivity (Wildman–Crippen MR) is 121 cm³/mol. The third kappa shape index (κ3) is 4.86. The first-order chi connectivity index (χ1) is 14.2. The molecule has 0 aromatic heterocycles. The normalized spacial score (nSPS) is 18.4. The van der Waals surface area contributed by atoms with Crippen molar-refractivity contribution in [1.82, 2.24) is 5.32 Å². The maximum absolute atomic E-state index is 12.9. The fourth-order valence-electron chi connectivity index (χ4n) is 3.48. The Morgan fingerprint density at radius 1 is 0.897 bits per heavy atom. The van der Waals surface area contributed by atoms with Gasteiger partial charge in [-0.15, -0.1) is 0 Å². The molecule has 4 rings (SSSR count). The van der Waals surface area contributed by atoms with Gasteiger partial charge in [-0.3, -0.25) is 10.1 Å². The van der Waals surface area contributed by atoms with Gasteiger partial charge in [0.05, 0.1) is 6.42 Å². The highest BCUT2D eigenvalue weighted by Gasteiger charge is 2.37. The predicted octanol–water partition coefficient (Wildman–Crippen LogP) is 5.46. The molecule has 3 aromatic rings. The van der Waals surface area contributed by atoms with Gasteiger partial charge in [-0.1, -0.05) is 103 Å². The summed E-state index contributed by atoms with van der Waals surface area (Å²) in [4.78, 5) is 12.9. The fraction of sp³-hybridized carbons (Fsp3) is 0.167. The second kappa shape index (κ2) is 9.25. The van der Waals surface area contributed by atoms with Gasteiger partial charge in [0.1, 0.15) is 6.04 Å². The van der Waals surface area contributed by atoms with Gasteiger partial charge in [0.25, 0.3) is 0 Å². The summed E-state index contributed by atoms with van der Waals surface area (Å²) in [6.45, 7) is 0. The number of hydrogen-bond acceptors (Lipinski definition) is 4. The number of thioether (sulfide) groups is 1. The molecule has 1 radical (unpaired) electrons. The number of nitrogens with zero attached hydrogens (tertiary/aromatic N) is 1. The van der Waals surface area contributed by atoms with E-state index in [-0.39, 0.29) is 24.3 Å². The molecule has 1 heterocycles. The largest absolute Gasteiger partial charge is 0.448 e. The summed E-state index contributed by atoms with van der Waals surface area (Å²) in [6.07, 6.45) is 0.263.